The SMILES string of the molecule is FC(F)(F)c1cccc(NN=Cc2ccc(OCc3c(Cl)cccc3Cl)cc2)c1. The highest BCUT2D eigenvalue weighted by Crippen LogP contribution is 2.30. The third-order valence-electron chi connectivity index (χ3n) is 3.92. The number of hydrazone groups is 1. The van der Waals surface area contributed by atoms with Crippen LogP contribution < -0.4 is 10.2 Å². The minimum Gasteiger partial charge on any atom is -0.489 e. The molecule has 8 heteroatoms. The van der Waals surface area contributed by atoms with Crippen molar-refractivity contribution in [2.45, 2.75) is 12.8 Å². The van der Waals surface area contributed by atoms with Gasteiger partial charge in [0.05, 0.1) is 17.5 Å². The van der Waals surface area contributed by atoms with Crippen molar-refractivity contribution in [1.29, 1.82) is 0 Å². The Kier molecular flexibility index (Phi) is 6.67. The number of rotatable bonds is 6. The van der Waals surface area contributed by atoms with Crippen LogP contribution in [0.25, 0.3) is 0 Å². The Morgan fingerprint density at radius 3 is 2.24 bits per heavy atom. The molecule has 0 saturated heterocycles. The van der Waals surface area contributed by atoms with E-state index in [-0.39, 0.29) is 12.3 Å². The molecule has 0 atom stereocenters. The maximum Gasteiger partial charge on any atom is 0.416 e. The molecule has 0 aliphatic heterocycles. The molecule has 0 aromatic heterocycles. The lowest BCUT2D eigenvalue weighted by molar-refractivity contribution is -0.137. The van der Waals surface area contributed by atoms with Crippen LogP contribution in [0.4, 0.5) is 18.9 Å². The maximum atomic E-state index is 12.7. The average Bonchev–Trinajstić information content (AvgIpc) is 2.68. The van der Waals surface area contributed by atoms with Gasteiger partial charge >= 0.3 is 6.18 Å². The van der Waals surface area contributed by atoms with E-state index < -0.39 is 11.7 Å². The third kappa shape index (κ3) is 5.89. The molecule has 0 aliphatic rings. The van der Waals surface area contributed by atoms with Gasteiger partial charge in [-0.3, -0.25) is 5.43 Å². The molecule has 0 amide bonds. The molecule has 3 aromatic carbocycles. The summed E-state index contributed by atoms with van der Waals surface area (Å²) >= 11 is 12.2. The topological polar surface area (TPSA) is 33.6 Å². The lowest BCUT2D eigenvalue weighted by Gasteiger charge is -2.09. The van der Waals surface area contributed by atoms with Crippen molar-refractivity contribution in [1.82, 2.24) is 0 Å². The highest BCUT2D eigenvalue weighted by molar-refractivity contribution is 6.35. The fourth-order valence-corrected chi connectivity index (χ4v) is 2.93. The van der Waals surface area contributed by atoms with Crippen LogP contribution in [0.1, 0.15) is 16.7 Å². The molecule has 150 valence electrons. The lowest BCUT2D eigenvalue weighted by atomic mass is 10.2. The Labute approximate surface area is 175 Å². The van der Waals surface area contributed by atoms with E-state index in [1.54, 1.807) is 42.5 Å². The van der Waals surface area contributed by atoms with Gasteiger partial charge in [-0.1, -0.05) is 35.3 Å². The van der Waals surface area contributed by atoms with Crippen molar-refractivity contribution in [3.8, 4) is 5.75 Å². The Bertz CT molecular complexity index is 985. The molecular formula is C21H15Cl2F3N2O. The predicted octanol–water partition coefficient (Wildman–Crippen LogP) is 7.04. The number of halogens is 5. The number of anilines is 1. The molecule has 0 fully saturated rings. The molecule has 1 N–H and O–H groups in total. The average molecular weight is 439 g/mol. The van der Waals surface area contributed by atoms with Gasteiger partial charge in [0, 0.05) is 15.6 Å². The number of benzene rings is 3. The first kappa shape index (κ1) is 21.0. The number of hydrogen-bond acceptors (Lipinski definition) is 3. The molecular weight excluding hydrogens is 424 g/mol. The van der Waals surface area contributed by atoms with Crippen molar-refractivity contribution < 1.29 is 17.9 Å². The van der Waals surface area contributed by atoms with Gasteiger partial charge in [0.2, 0.25) is 0 Å². The van der Waals surface area contributed by atoms with Gasteiger partial charge in [-0.25, -0.2) is 0 Å². The first-order chi connectivity index (χ1) is 13.8. The fourth-order valence-electron chi connectivity index (χ4n) is 2.42. The zero-order valence-electron chi connectivity index (χ0n) is 14.9. The zero-order valence-corrected chi connectivity index (χ0v) is 16.4. The maximum absolute atomic E-state index is 12.7. The molecule has 29 heavy (non-hydrogen) atoms. The minimum absolute atomic E-state index is 0.225. The predicted molar refractivity (Wildman–Crippen MR) is 110 cm³/mol. The first-order valence-corrected chi connectivity index (χ1v) is 9.20. The van der Waals surface area contributed by atoms with Crippen LogP contribution in [0.3, 0.4) is 0 Å². The Balaban J connectivity index is 1.58. The standard InChI is InChI=1S/C21H15Cl2F3N2O/c22-19-5-2-6-20(23)18(19)13-29-17-9-7-14(8-10-17)12-27-28-16-4-1-3-15(11-16)21(24,25)26/h1-12,28H,13H2. The summed E-state index contributed by atoms with van der Waals surface area (Å²) in [6.45, 7) is 0.225. The molecule has 0 unspecified atom stereocenters. The van der Waals surface area contributed by atoms with Gasteiger partial charge in [0.1, 0.15) is 12.4 Å². The summed E-state index contributed by atoms with van der Waals surface area (Å²) in [5.41, 5.74) is 3.54. The van der Waals surface area contributed by atoms with Crippen molar-refractivity contribution in [3.63, 3.8) is 0 Å². The van der Waals surface area contributed by atoms with E-state index in [1.807, 2.05) is 0 Å². The summed E-state index contributed by atoms with van der Waals surface area (Å²) in [6.07, 6.45) is -2.90. The van der Waals surface area contributed by atoms with E-state index >= 15 is 0 Å². The van der Waals surface area contributed by atoms with Crippen LogP contribution >= 0.6 is 23.2 Å². The van der Waals surface area contributed by atoms with Crippen LogP contribution in [0.5, 0.6) is 5.75 Å². The molecule has 0 bridgehead atoms. The van der Waals surface area contributed by atoms with Crippen LogP contribution in [0, 0.1) is 0 Å². The molecule has 3 nitrogen and oxygen atoms in total. The quantitative estimate of drug-likeness (QED) is 0.330. The number of nitrogens with one attached hydrogen (secondary N) is 1. The number of ether oxygens (including phenoxy) is 1. The zero-order chi connectivity index (χ0) is 20.9. The first-order valence-electron chi connectivity index (χ1n) is 8.45. The summed E-state index contributed by atoms with van der Waals surface area (Å²) in [4.78, 5) is 0. The van der Waals surface area contributed by atoms with E-state index in [9.17, 15) is 13.2 Å². The monoisotopic (exact) mass is 438 g/mol. The van der Waals surface area contributed by atoms with Gasteiger partial charge in [-0.05, 0) is 60.2 Å². The molecule has 0 spiro atoms. The highest BCUT2D eigenvalue weighted by Gasteiger charge is 2.30. The lowest BCUT2D eigenvalue weighted by Crippen LogP contribution is -2.05. The number of alkyl halides is 3. The second-order valence-corrected chi connectivity index (χ2v) is 6.82. The minimum atomic E-state index is -4.40. The largest absolute Gasteiger partial charge is 0.489 e. The van der Waals surface area contributed by atoms with Crippen molar-refractivity contribution in [2.75, 3.05) is 5.43 Å². The molecule has 0 aliphatic carbocycles. The summed E-state index contributed by atoms with van der Waals surface area (Å²) in [6, 6.07) is 17.1. The third-order valence-corrected chi connectivity index (χ3v) is 4.63. The molecule has 3 aromatic rings. The summed E-state index contributed by atoms with van der Waals surface area (Å²) < 4.78 is 43.8. The van der Waals surface area contributed by atoms with Gasteiger partial charge in [0.15, 0.2) is 0 Å². The molecule has 0 saturated carbocycles. The normalized spacial score (nSPS) is 11.6. The smallest absolute Gasteiger partial charge is 0.416 e. The van der Waals surface area contributed by atoms with Crippen molar-refractivity contribution in [3.05, 3.63) is 93.5 Å². The van der Waals surface area contributed by atoms with Gasteiger partial charge in [-0.15, -0.1) is 0 Å². The van der Waals surface area contributed by atoms with E-state index in [4.69, 9.17) is 27.9 Å². The van der Waals surface area contributed by atoms with E-state index in [0.717, 1.165) is 17.7 Å². The van der Waals surface area contributed by atoms with Crippen LogP contribution in [-0.2, 0) is 12.8 Å². The number of nitrogens with zero attached hydrogens (tertiary/aromatic N) is 1. The Morgan fingerprint density at radius 1 is 0.931 bits per heavy atom. The second kappa shape index (κ2) is 9.20. The number of hydrogen-bond donors (Lipinski definition) is 1. The van der Waals surface area contributed by atoms with E-state index in [1.165, 1.54) is 18.3 Å². The van der Waals surface area contributed by atoms with E-state index in [0.29, 0.717) is 21.4 Å². The molecule has 0 radical (unpaired) electrons. The summed E-state index contributed by atoms with van der Waals surface area (Å²) in [5.74, 6) is 0.615. The van der Waals surface area contributed by atoms with E-state index in [2.05, 4.69) is 10.5 Å². The van der Waals surface area contributed by atoms with Crippen molar-refractivity contribution in [2.24, 2.45) is 5.10 Å². The second-order valence-electron chi connectivity index (χ2n) is 6.01. The van der Waals surface area contributed by atoms with Crippen molar-refractivity contribution >= 4 is 35.1 Å². The highest BCUT2D eigenvalue weighted by atomic mass is 35.5. The van der Waals surface area contributed by atoms with Gasteiger partial charge in [-0.2, -0.15) is 18.3 Å². The fraction of sp³-hybridized carbons (Fsp3) is 0.0952. The van der Waals surface area contributed by atoms with Gasteiger partial charge in [0.25, 0.3) is 0 Å². The Hall–Kier alpha value is -2.70. The molecule has 3 rings (SSSR count). The summed E-state index contributed by atoms with van der Waals surface area (Å²) in [5, 5.41) is 5.02. The van der Waals surface area contributed by atoms with Crippen LogP contribution in [0.15, 0.2) is 71.8 Å². The summed E-state index contributed by atoms with van der Waals surface area (Å²) in [7, 11) is 0. The Morgan fingerprint density at radius 2 is 1.59 bits per heavy atom. The van der Waals surface area contributed by atoms with Crippen LogP contribution in [-0.4, -0.2) is 6.21 Å². The van der Waals surface area contributed by atoms with Crippen LogP contribution in [0.2, 0.25) is 10.0 Å². The van der Waals surface area contributed by atoms with Gasteiger partial charge < -0.3 is 4.74 Å². The molecule has 0 heterocycles.